The van der Waals surface area contributed by atoms with Crippen LogP contribution in [0.25, 0.3) is 0 Å². The summed E-state index contributed by atoms with van der Waals surface area (Å²) in [5.74, 6) is -2.84. The van der Waals surface area contributed by atoms with Gasteiger partial charge in [-0.1, -0.05) is 0 Å². The molecule has 0 saturated heterocycles. The molecule has 0 aliphatic carbocycles. The van der Waals surface area contributed by atoms with Gasteiger partial charge in [0.05, 0.1) is 17.1 Å². The predicted molar refractivity (Wildman–Crippen MR) is 50.6 cm³/mol. The molecule has 0 spiro atoms. The van der Waals surface area contributed by atoms with Crippen LogP contribution in [-0.4, -0.2) is 12.9 Å². The summed E-state index contributed by atoms with van der Waals surface area (Å²) < 4.78 is 31.1. The summed E-state index contributed by atoms with van der Waals surface area (Å²) in [6.45, 7) is 1.15. The third kappa shape index (κ3) is 1.77. The highest BCUT2D eigenvalue weighted by Gasteiger charge is 2.21. The van der Waals surface area contributed by atoms with Gasteiger partial charge in [-0.25, -0.2) is 8.78 Å². The van der Waals surface area contributed by atoms with E-state index in [1.165, 1.54) is 7.11 Å². The SMILES string of the molecule is COc1c(Br)cc(F)c(F)c1C(C)=O. The van der Waals surface area contributed by atoms with Gasteiger partial charge in [-0.2, -0.15) is 0 Å². The van der Waals surface area contributed by atoms with Gasteiger partial charge < -0.3 is 4.74 Å². The van der Waals surface area contributed by atoms with Gasteiger partial charge in [0.2, 0.25) is 0 Å². The quantitative estimate of drug-likeness (QED) is 0.607. The molecule has 0 N–H and O–H groups in total. The van der Waals surface area contributed by atoms with Crippen LogP contribution in [0.1, 0.15) is 17.3 Å². The second-order valence-electron chi connectivity index (χ2n) is 2.62. The number of carbonyl (C=O) groups excluding carboxylic acids is 1. The molecule has 0 aliphatic rings. The number of halogens is 3. The van der Waals surface area contributed by atoms with E-state index < -0.39 is 17.4 Å². The average molecular weight is 265 g/mol. The van der Waals surface area contributed by atoms with Crippen LogP contribution in [0.2, 0.25) is 0 Å². The largest absolute Gasteiger partial charge is 0.495 e. The van der Waals surface area contributed by atoms with E-state index >= 15 is 0 Å². The number of Topliss-reactive ketones (excluding diaryl/α,β-unsaturated/α-hetero) is 1. The lowest BCUT2D eigenvalue weighted by molar-refractivity contribution is 0.100. The summed E-state index contributed by atoms with van der Waals surface area (Å²) in [5.41, 5.74) is -0.376. The van der Waals surface area contributed by atoms with E-state index in [2.05, 4.69) is 15.9 Å². The van der Waals surface area contributed by atoms with Crippen molar-refractivity contribution in [3.63, 3.8) is 0 Å². The molecule has 0 fully saturated rings. The number of hydrogen-bond acceptors (Lipinski definition) is 2. The molecule has 0 aliphatic heterocycles. The van der Waals surface area contributed by atoms with Crippen molar-refractivity contribution < 1.29 is 18.3 Å². The van der Waals surface area contributed by atoms with E-state index in [1.54, 1.807) is 0 Å². The minimum absolute atomic E-state index is 0.0106. The fraction of sp³-hybridized carbons (Fsp3) is 0.222. The lowest BCUT2D eigenvalue weighted by Gasteiger charge is -2.09. The van der Waals surface area contributed by atoms with E-state index in [9.17, 15) is 13.6 Å². The molecule has 0 atom stereocenters. The van der Waals surface area contributed by atoms with Crippen molar-refractivity contribution in [2.75, 3.05) is 7.11 Å². The van der Waals surface area contributed by atoms with Gasteiger partial charge in [-0.3, -0.25) is 4.79 Å². The van der Waals surface area contributed by atoms with E-state index in [-0.39, 0.29) is 15.8 Å². The van der Waals surface area contributed by atoms with Gasteiger partial charge >= 0.3 is 0 Å². The average Bonchev–Trinajstić information content (AvgIpc) is 2.10. The van der Waals surface area contributed by atoms with Gasteiger partial charge in [0.25, 0.3) is 0 Å². The second-order valence-corrected chi connectivity index (χ2v) is 3.47. The van der Waals surface area contributed by atoms with E-state index in [4.69, 9.17) is 4.74 Å². The van der Waals surface area contributed by atoms with Crippen LogP contribution in [0.5, 0.6) is 5.75 Å². The normalized spacial score (nSPS) is 10.1. The fourth-order valence-electron chi connectivity index (χ4n) is 1.09. The van der Waals surface area contributed by atoms with Crippen LogP contribution >= 0.6 is 15.9 Å². The van der Waals surface area contributed by atoms with Crippen LogP contribution in [-0.2, 0) is 0 Å². The highest BCUT2D eigenvalue weighted by atomic mass is 79.9. The molecule has 0 aromatic heterocycles. The Morgan fingerprint density at radius 2 is 2.07 bits per heavy atom. The highest BCUT2D eigenvalue weighted by Crippen LogP contribution is 2.32. The molecule has 0 radical (unpaired) electrons. The summed E-state index contributed by atoms with van der Waals surface area (Å²) >= 11 is 2.98. The van der Waals surface area contributed by atoms with Crippen LogP contribution in [0.3, 0.4) is 0 Å². The maximum absolute atomic E-state index is 13.2. The second kappa shape index (κ2) is 4.04. The molecule has 0 saturated carbocycles. The van der Waals surface area contributed by atoms with Crippen LogP contribution in [0.15, 0.2) is 10.5 Å². The zero-order valence-electron chi connectivity index (χ0n) is 7.53. The minimum atomic E-state index is -1.18. The predicted octanol–water partition coefficient (Wildman–Crippen LogP) is 2.94. The maximum atomic E-state index is 13.2. The summed E-state index contributed by atoms with van der Waals surface area (Å²) in [6, 6.07) is 0.917. The molecule has 0 bridgehead atoms. The van der Waals surface area contributed by atoms with E-state index in [0.29, 0.717) is 0 Å². The minimum Gasteiger partial charge on any atom is -0.495 e. The Bertz CT molecular complexity index is 391. The molecule has 0 amide bonds. The van der Waals surface area contributed by atoms with Crippen molar-refractivity contribution in [2.24, 2.45) is 0 Å². The molecule has 1 rings (SSSR count). The zero-order chi connectivity index (χ0) is 10.9. The number of rotatable bonds is 2. The molecule has 0 heterocycles. The van der Waals surface area contributed by atoms with Crippen molar-refractivity contribution >= 4 is 21.7 Å². The Kier molecular flexibility index (Phi) is 3.21. The van der Waals surface area contributed by atoms with Gasteiger partial charge in [0, 0.05) is 0 Å². The Morgan fingerprint density at radius 1 is 1.50 bits per heavy atom. The van der Waals surface area contributed by atoms with Crippen LogP contribution in [0.4, 0.5) is 8.78 Å². The summed E-state index contributed by atoms with van der Waals surface area (Å²) in [7, 11) is 1.28. The molecule has 1 aromatic carbocycles. The lowest BCUT2D eigenvalue weighted by Crippen LogP contribution is -2.04. The number of hydrogen-bond donors (Lipinski definition) is 0. The van der Waals surface area contributed by atoms with E-state index in [1.807, 2.05) is 0 Å². The van der Waals surface area contributed by atoms with E-state index in [0.717, 1.165) is 13.0 Å². The number of ether oxygens (including phenoxy) is 1. The highest BCUT2D eigenvalue weighted by molar-refractivity contribution is 9.10. The summed E-state index contributed by atoms with van der Waals surface area (Å²) in [4.78, 5) is 11.0. The van der Waals surface area contributed by atoms with Crippen molar-refractivity contribution in [3.05, 3.63) is 27.7 Å². The number of methoxy groups -OCH3 is 1. The lowest BCUT2D eigenvalue weighted by atomic mass is 10.1. The van der Waals surface area contributed by atoms with Crippen LogP contribution in [0, 0.1) is 11.6 Å². The first-order chi connectivity index (χ1) is 6.49. The van der Waals surface area contributed by atoms with Gasteiger partial charge in [0.1, 0.15) is 5.75 Å². The Labute approximate surface area is 88.0 Å². The topological polar surface area (TPSA) is 26.3 Å². The Hall–Kier alpha value is -0.970. The Balaban J connectivity index is 3.56. The first kappa shape index (κ1) is 11.1. The van der Waals surface area contributed by atoms with Gasteiger partial charge in [0.15, 0.2) is 17.4 Å². The Morgan fingerprint density at radius 3 is 2.50 bits per heavy atom. The third-order valence-corrected chi connectivity index (χ3v) is 2.27. The number of ketones is 1. The summed E-state index contributed by atoms with van der Waals surface area (Å²) in [5, 5.41) is 0. The smallest absolute Gasteiger partial charge is 0.173 e. The van der Waals surface area contributed by atoms with Crippen molar-refractivity contribution in [3.8, 4) is 5.75 Å². The van der Waals surface area contributed by atoms with Crippen molar-refractivity contribution in [1.29, 1.82) is 0 Å². The number of carbonyl (C=O) groups is 1. The zero-order valence-corrected chi connectivity index (χ0v) is 9.11. The molecule has 76 valence electrons. The maximum Gasteiger partial charge on any atom is 0.173 e. The molecule has 14 heavy (non-hydrogen) atoms. The molecular weight excluding hydrogens is 258 g/mol. The molecular formula is C9H7BrF2O2. The first-order valence-electron chi connectivity index (χ1n) is 3.71. The first-order valence-corrected chi connectivity index (χ1v) is 4.50. The van der Waals surface area contributed by atoms with Gasteiger partial charge in [-0.15, -0.1) is 0 Å². The third-order valence-electron chi connectivity index (χ3n) is 1.68. The fourth-order valence-corrected chi connectivity index (χ4v) is 1.65. The molecule has 2 nitrogen and oxygen atoms in total. The molecule has 5 heteroatoms. The molecule has 0 unspecified atom stereocenters. The van der Waals surface area contributed by atoms with Crippen LogP contribution < -0.4 is 4.74 Å². The van der Waals surface area contributed by atoms with Crippen molar-refractivity contribution in [1.82, 2.24) is 0 Å². The summed E-state index contributed by atoms with van der Waals surface area (Å²) in [6.07, 6.45) is 0. The monoisotopic (exact) mass is 264 g/mol. The standard InChI is InChI=1S/C9H7BrF2O2/c1-4(13)7-8(12)6(11)3-5(10)9(7)14-2/h3H,1-2H3. The van der Waals surface area contributed by atoms with Gasteiger partial charge in [-0.05, 0) is 28.9 Å². The number of benzene rings is 1. The molecule has 1 aromatic rings. The van der Waals surface area contributed by atoms with Crippen molar-refractivity contribution in [2.45, 2.75) is 6.92 Å².